The molecule has 0 unspecified atom stereocenters. The topological polar surface area (TPSA) is 129 Å². The van der Waals surface area contributed by atoms with Crippen LogP contribution in [0.2, 0.25) is 0 Å². The zero-order valence-corrected chi connectivity index (χ0v) is 92.3. The molecule has 0 amide bonds. The third-order valence-electron chi connectivity index (χ3n) is 21.4. The molecule has 733 valence electrons. The first-order valence-corrected chi connectivity index (χ1v) is 46.5. The van der Waals surface area contributed by atoms with E-state index in [1.165, 1.54) is 44.2 Å². The predicted molar refractivity (Wildman–Crippen MR) is 584 cm³/mol. The van der Waals surface area contributed by atoms with Gasteiger partial charge in [0.1, 0.15) is 0 Å². The van der Waals surface area contributed by atoms with E-state index in [4.69, 9.17) is 0 Å². The molecule has 15 heteroatoms. The Kier molecular flexibility index (Phi) is 50.4. The fourth-order valence-electron chi connectivity index (χ4n) is 14.3. The number of hydrogen-bond acceptors (Lipinski definition) is 10. The van der Waals surface area contributed by atoms with Crippen molar-refractivity contribution in [3.63, 3.8) is 0 Å². The molecular weight excluding hydrogens is 2700 g/mol. The first-order chi connectivity index (χ1) is 71.0. The smallest absolute Gasteiger partial charge is 0.0242 e. The molecule has 0 spiro atoms. The minimum absolute atomic E-state index is 0. The van der Waals surface area contributed by atoms with E-state index in [1.54, 1.807) is 37.2 Å². The number of benzene rings is 14. The molecule has 14 aromatic carbocycles. The van der Waals surface area contributed by atoms with Crippen LogP contribution in [0.5, 0.6) is 0 Å². The van der Waals surface area contributed by atoms with Crippen molar-refractivity contribution in [3.05, 3.63) is 632 Å². The van der Waals surface area contributed by atoms with E-state index in [1.807, 2.05) is 462 Å². The van der Waals surface area contributed by atoms with Crippen molar-refractivity contribution < 1.29 is 101 Å². The van der Waals surface area contributed by atoms with Gasteiger partial charge in [0.25, 0.3) is 0 Å². The molecule has 0 fully saturated rings. The molecule has 0 aliphatic heterocycles. The summed E-state index contributed by atoms with van der Waals surface area (Å²) in [6.45, 7) is 2.12. The Morgan fingerprint density at radius 2 is 0.405 bits per heavy atom. The largest absolute Gasteiger partial charge is 0.305 e. The summed E-state index contributed by atoms with van der Waals surface area (Å²) in [5.74, 6) is 0. The van der Waals surface area contributed by atoms with Crippen LogP contribution in [0, 0.1) is 67.6 Å². The number of hydrogen-bond donors (Lipinski definition) is 0. The third-order valence-corrected chi connectivity index (χ3v) is 21.4. The maximum atomic E-state index is 4.55. The van der Waals surface area contributed by atoms with Gasteiger partial charge in [-0.2, -0.15) is 0 Å². The number of nitrogens with zero attached hydrogens (tertiary/aromatic N) is 10. The maximum Gasteiger partial charge on any atom is 0.0242 e. The van der Waals surface area contributed by atoms with Crippen LogP contribution in [0.15, 0.2) is 565 Å². The van der Waals surface area contributed by atoms with Gasteiger partial charge in [0.2, 0.25) is 0 Å². The standard InChI is InChI=1S/C18H14N.2C17H12N.C15H10N.6C11H8N.5Ir/c1-14-12-18(16-10-6-3-7-11-16)19-13-17(14)15-8-4-2-5-9-15;1-3-7-14(8-4-1)16-11-12-18-17(13-16)15-9-5-2-6-10-15;1-3-7-14(8-4-1)16-11-12-17(18-13-16)15-9-5-2-6-10-15;1-2-7-13(8-3-1)15-14-9-5-4-6-12(14)10-11-16-15;6*1-2-6-10(7-3-1)11-8-4-5-9-12-11;;;;;/h2-10,12-13H,1H3;2*1-9,11-13H;1-7,9-11H;6*1-6,8-9H;;;;;/q10*-1;;;;;. The van der Waals surface area contributed by atoms with Gasteiger partial charge in [0.15, 0.2) is 0 Å². The van der Waals surface area contributed by atoms with E-state index in [-0.39, 0.29) is 101 Å². The Bertz CT molecular complexity index is 6720. The molecule has 0 bridgehead atoms. The van der Waals surface area contributed by atoms with E-state index < -0.39 is 0 Å². The fourth-order valence-corrected chi connectivity index (χ4v) is 14.3. The van der Waals surface area contributed by atoms with Gasteiger partial charge in [0, 0.05) is 168 Å². The summed E-state index contributed by atoms with van der Waals surface area (Å²) in [5, 5.41) is 2.39. The van der Waals surface area contributed by atoms with Crippen molar-refractivity contribution in [1.82, 2.24) is 49.8 Å². The van der Waals surface area contributed by atoms with Crippen LogP contribution in [-0.4, -0.2) is 49.8 Å². The van der Waals surface area contributed by atoms with Crippen LogP contribution >= 0.6 is 0 Å². The van der Waals surface area contributed by atoms with Crippen LogP contribution in [0.25, 0.3) is 157 Å². The van der Waals surface area contributed by atoms with E-state index in [0.29, 0.717) is 0 Å². The van der Waals surface area contributed by atoms with Gasteiger partial charge in [-0.15, -0.1) is 359 Å². The minimum Gasteiger partial charge on any atom is -0.305 e. The van der Waals surface area contributed by atoms with E-state index in [9.17, 15) is 0 Å². The molecule has 10 heterocycles. The van der Waals surface area contributed by atoms with Gasteiger partial charge >= 0.3 is 0 Å². The van der Waals surface area contributed by atoms with Gasteiger partial charge in [-0.3, -0.25) is 0 Å². The summed E-state index contributed by atoms with van der Waals surface area (Å²) < 4.78 is 0. The number of aromatic nitrogens is 10. The SMILES string of the molecule is Cc1cc(-c2[c-]cccc2)ncc1-c1ccccc1.[Ir].[Ir].[Ir].[Ir].[Ir].[c-]1ccccc1-c1cc(-c2ccccc2)ccn1.[c-]1ccccc1-c1ccc(-c2ccccc2)cn1.[c-]1ccccc1-c1ccccn1.[c-]1ccccc1-c1ccccn1.[c-]1ccccc1-c1ccccn1.[c-]1ccccc1-c1ccccn1.[c-]1ccccc1-c1ccccn1.[c-]1ccccc1-c1ccccn1.[c-]1ccccc1-c1nccc2ccccc12. The zero-order valence-electron chi connectivity index (χ0n) is 80.3. The van der Waals surface area contributed by atoms with Crippen molar-refractivity contribution >= 4 is 10.8 Å². The second kappa shape index (κ2) is 65.5. The molecule has 0 N–H and O–H groups in total. The monoisotopic (exact) mass is 2800 g/mol. The van der Waals surface area contributed by atoms with Crippen LogP contribution in [0.4, 0.5) is 0 Å². The summed E-state index contributed by atoms with van der Waals surface area (Å²) in [6.07, 6.45) is 18.3. The Morgan fingerprint density at radius 1 is 0.155 bits per heavy atom. The molecule has 148 heavy (non-hydrogen) atoms. The van der Waals surface area contributed by atoms with Gasteiger partial charge in [-0.05, 0) is 157 Å². The first-order valence-electron chi connectivity index (χ1n) is 46.5. The quantitative estimate of drug-likeness (QED) is 0.103. The van der Waals surface area contributed by atoms with Gasteiger partial charge in [-0.25, -0.2) is 0 Å². The molecule has 0 aliphatic carbocycles. The molecule has 10 aromatic heterocycles. The van der Waals surface area contributed by atoms with Crippen molar-refractivity contribution in [2.75, 3.05) is 0 Å². The Balaban J connectivity index is 0.000000168. The Morgan fingerprint density at radius 3 is 0.696 bits per heavy atom. The molecule has 0 saturated carbocycles. The summed E-state index contributed by atoms with van der Waals surface area (Å²) >= 11 is 0. The van der Waals surface area contributed by atoms with Crippen LogP contribution < -0.4 is 0 Å². The molecule has 0 atom stereocenters. The van der Waals surface area contributed by atoms with Crippen molar-refractivity contribution in [1.29, 1.82) is 0 Å². The van der Waals surface area contributed by atoms with Crippen molar-refractivity contribution in [3.8, 4) is 146 Å². The summed E-state index contributed by atoms with van der Waals surface area (Å²) in [7, 11) is 0. The summed E-state index contributed by atoms with van der Waals surface area (Å²) in [5.41, 5.74) is 28.4. The van der Waals surface area contributed by atoms with Crippen molar-refractivity contribution in [2.24, 2.45) is 0 Å². The second-order valence-electron chi connectivity index (χ2n) is 31.3. The summed E-state index contributed by atoms with van der Waals surface area (Å²) in [6, 6.07) is 197. The van der Waals surface area contributed by atoms with E-state index in [2.05, 4.69) is 184 Å². The van der Waals surface area contributed by atoms with E-state index in [0.717, 1.165) is 118 Å². The Hall–Kier alpha value is -15.9. The van der Waals surface area contributed by atoms with Crippen LogP contribution in [0.3, 0.4) is 0 Å². The van der Waals surface area contributed by atoms with Crippen LogP contribution in [0.1, 0.15) is 5.56 Å². The molecule has 24 rings (SSSR count). The number of pyridine rings is 10. The van der Waals surface area contributed by atoms with Gasteiger partial charge in [0.05, 0.1) is 0 Å². The van der Waals surface area contributed by atoms with Crippen molar-refractivity contribution in [2.45, 2.75) is 6.92 Å². The number of fused-ring (bicyclic) bond motifs is 1. The molecule has 24 aromatic rings. The first kappa shape index (κ1) is 114. The average Bonchev–Trinajstić information content (AvgIpc) is 0.801. The maximum absolute atomic E-state index is 4.55. The summed E-state index contributed by atoms with van der Waals surface area (Å²) in [4.78, 5) is 43.2. The third kappa shape index (κ3) is 37.0. The van der Waals surface area contributed by atoms with Crippen LogP contribution in [-0.2, 0) is 101 Å². The molecular formula is C133H96Ir5N10-10. The normalized spacial score (nSPS) is 9.66. The van der Waals surface area contributed by atoms with Gasteiger partial charge in [-0.1, -0.05) is 212 Å². The van der Waals surface area contributed by atoms with E-state index >= 15 is 0 Å². The number of aryl methyl sites for hydroxylation is 1. The fraction of sp³-hybridized carbons (Fsp3) is 0.00752. The molecule has 0 saturated heterocycles. The Labute approximate surface area is 936 Å². The molecule has 10 nitrogen and oxygen atoms in total. The predicted octanol–water partition coefficient (Wildman–Crippen LogP) is 31.9. The molecule has 0 aliphatic rings. The van der Waals surface area contributed by atoms with Gasteiger partial charge < -0.3 is 49.8 Å². The second-order valence-corrected chi connectivity index (χ2v) is 31.3. The zero-order chi connectivity index (χ0) is 97.6. The molecule has 5 radical (unpaired) electrons. The average molecular weight is 2800 g/mol. The minimum atomic E-state index is 0. The number of rotatable bonds is 13.